The maximum absolute atomic E-state index is 10.4. The van der Waals surface area contributed by atoms with E-state index >= 15 is 0 Å². The molecule has 0 aliphatic rings. The molecule has 5 heteroatoms. The van der Waals surface area contributed by atoms with Crippen molar-refractivity contribution < 1.29 is 8.76 Å². The Balaban J connectivity index is 0.000001000. The maximum atomic E-state index is 10.4. The van der Waals surface area contributed by atoms with Crippen LogP contribution in [0.15, 0.2) is 33.6 Å². The predicted molar refractivity (Wildman–Crippen MR) is 47.3 cm³/mol. The number of halogens is 1. The minimum absolute atomic E-state index is 0. The molecule has 0 aliphatic carbocycles. The molecule has 0 spiro atoms. The highest BCUT2D eigenvalue weighted by Crippen LogP contribution is 2.17. The van der Waals surface area contributed by atoms with Crippen molar-refractivity contribution in [2.45, 2.75) is 4.90 Å². The van der Waals surface area contributed by atoms with Crippen LogP contribution < -0.4 is 6.15 Å². The van der Waals surface area contributed by atoms with Gasteiger partial charge in [0.15, 0.2) is 0 Å². The van der Waals surface area contributed by atoms with Crippen molar-refractivity contribution in [3.63, 3.8) is 0 Å². The van der Waals surface area contributed by atoms with E-state index < -0.39 is 11.1 Å². The zero-order chi connectivity index (χ0) is 7.56. The lowest BCUT2D eigenvalue weighted by Gasteiger charge is -2.05. The molecule has 0 heterocycles. The van der Waals surface area contributed by atoms with Gasteiger partial charge in [0.25, 0.3) is 0 Å². The average molecular weight is 238 g/mol. The highest BCUT2D eigenvalue weighted by atomic mass is 79.9. The Labute approximate surface area is 75.8 Å². The molecule has 0 aliphatic heterocycles. The van der Waals surface area contributed by atoms with Crippen LogP contribution in [0.5, 0.6) is 0 Å². The van der Waals surface area contributed by atoms with Gasteiger partial charge >= 0.3 is 0 Å². The Hall–Kier alpha value is -0.230. The topological polar surface area (TPSA) is 76.6 Å². The molecule has 4 N–H and O–H groups in total. The van der Waals surface area contributed by atoms with Gasteiger partial charge in [0.1, 0.15) is 0 Å². The summed E-state index contributed by atoms with van der Waals surface area (Å²) in [5.74, 6) is 0. The van der Waals surface area contributed by atoms with Gasteiger partial charge in [-0.1, -0.05) is 12.1 Å². The number of hydrogen-bond donors (Lipinski definition) is 1. The average Bonchev–Trinajstić information content (AvgIpc) is 1.88. The molecule has 0 amide bonds. The Kier molecular flexibility index (Phi) is 4.51. The first-order chi connectivity index (χ1) is 4.72. The lowest BCUT2D eigenvalue weighted by molar-refractivity contribution is 0.536. The first-order valence-corrected chi connectivity index (χ1v) is 4.42. The molecule has 62 valence electrons. The van der Waals surface area contributed by atoms with Gasteiger partial charge in [0.2, 0.25) is 0 Å². The van der Waals surface area contributed by atoms with Gasteiger partial charge in [0, 0.05) is 9.37 Å². The van der Waals surface area contributed by atoms with Crippen molar-refractivity contribution in [1.82, 2.24) is 6.15 Å². The summed E-state index contributed by atoms with van der Waals surface area (Å²) in [5, 5.41) is 0. The largest absolute Gasteiger partial charge is 0.768 e. The third kappa shape index (κ3) is 2.70. The van der Waals surface area contributed by atoms with E-state index in [2.05, 4.69) is 15.9 Å². The fourth-order valence-electron chi connectivity index (χ4n) is 0.580. The molecule has 0 bridgehead atoms. The van der Waals surface area contributed by atoms with Gasteiger partial charge in [-0.2, -0.15) is 0 Å². The van der Waals surface area contributed by atoms with Crippen LogP contribution in [0.3, 0.4) is 0 Å². The van der Waals surface area contributed by atoms with Crippen molar-refractivity contribution >= 4 is 27.0 Å². The summed E-state index contributed by atoms with van der Waals surface area (Å²) >= 11 is 0.966. The van der Waals surface area contributed by atoms with E-state index in [-0.39, 0.29) is 6.15 Å². The molecular formula is C6H8BrNO2S. The minimum Gasteiger partial charge on any atom is -0.768 e. The Morgan fingerprint density at radius 2 is 1.91 bits per heavy atom. The van der Waals surface area contributed by atoms with Gasteiger partial charge in [-0.25, -0.2) is 0 Å². The summed E-state index contributed by atoms with van der Waals surface area (Å²) in [4.78, 5) is 0.294. The van der Waals surface area contributed by atoms with Gasteiger partial charge in [-0.15, -0.1) is 0 Å². The van der Waals surface area contributed by atoms with Crippen LogP contribution >= 0.6 is 15.9 Å². The van der Waals surface area contributed by atoms with Gasteiger partial charge < -0.3 is 10.7 Å². The minimum atomic E-state index is -2.14. The molecule has 1 aromatic carbocycles. The molecule has 3 nitrogen and oxygen atoms in total. The molecule has 0 radical (unpaired) electrons. The summed E-state index contributed by atoms with van der Waals surface area (Å²) in [6.45, 7) is 0. The quantitative estimate of drug-likeness (QED) is 0.760. The Morgan fingerprint density at radius 3 is 2.27 bits per heavy atom. The number of benzene rings is 1. The van der Waals surface area contributed by atoms with Crippen molar-refractivity contribution in [3.8, 4) is 0 Å². The Morgan fingerprint density at radius 1 is 1.36 bits per heavy atom. The molecule has 0 fully saturated rings. The fraction of sp³-hybridized carbons (Fsp3) is 0. The summed E-state index contributed by atoms with van der Waals surface area (Å²) < 4.78 is 21.4. The molecule has 1 atom stereocenters. The van der Waals surface area contributed by atoms with Crippen LogP contribution in [-0.2, 0) is 11.1 Å². The lowest BCUT2D eigenvalue weighted by Crippen LogP contribution is -1.88. The van der Waals surface area contributed by atoms with Crippen LogP contribution in [0.25, 0.3) is 0 Å². The molecule has 1 unspecified atom stereocenters. The molecule has 0 saturated heterocycles. The van der Waals surface area contributed by atoms with Crippen molar-refractivity contribution in [1.29, 1.82) is 0 Å². The smallest absolute Gasteiger partial charge is 0.0390 e. The molecule has 0 aromatic heterocycles. The van der Waals surface area contributed by atoms with Crippen LogP contribution in [0.4, 0.5) is 0 Å². The predicted octanol–water partition coefficient (Wildman–Crippen LogP) is 2.06. The second-order valence-corrected chi connectivity index (χ2v) is 3.43. The highest BCUT2D eigenvalue weighted by molar-refractivity contribution is 9.10. The first-order valence-electron chi connectivity index (χ1n) is 2.55. The van der Waals surface area contributed by atoms with Crippen LogP contribution in [-0.4, -0.2) is 8.76 Å². The number of hydrogen-bond acceptors (Lipinski definition) is 2. The van der Waals surface area contributed by atoms with Crippen molar-refractivity contribution in [2.24, 2.45) is 0 Å². The third-order valence-corrected chi connectivity index (χ3v) is 2.69. The monoisotopic (exact) mass is 237 g/mol. The van der Waals surface area contributed by atoms with E-state index in [1.54, 1.807) is 18.2 Å². The summed E-state index contributed by atoms with van der Waals surface area (Å²) in [6, 6.07) is 6.66. The maximum Gasteiger partial charge on any atom is 0.0390 e. The molecule has 11 heavy (non-hydrogen) atoms. The second-order valence-electron chi connectivity index (χ2n) is 1.67. The van der Waals surface area contributed by atoms with Gasteiger partial charge in [-0.05, 0) is 39.1 Å². The van der Waals surface area contributed by atoms with Crippen LogP contribution in [0.2, 0.25) is 0 Å². The van der Waals surface area contributed by atoms with E-state index in [0.29, 0.717) is 9.37 Å². The third-order valence-electron chi connectivity index (χ3n) is 1.02. The normalized spacial score (nSPS) is 11.8. The van der Waals surface area contributed by atoms with Gasteiger partial charge in [-0.3, -0.25) is 4.21 Å². The molecule has 1 rings (SSSR count). The summed E-state index contributed by atoms with van der Waals surface area (Å²) in [6.07, 6.45) is 0. The van der Waals surface area contributed by atoms with Crippen LogP contribution in [0.1, 0.15) is 0 Å². The van der Waals surface area contributed by atoms with E-state index in [4.69, 9.17) is 0 Å². The standard InChI is InChI=1S/C6H5BrO2S.H3N/c7-5-3-1-2-4-6(5)10(8)9;/h1-4H,(H,8,9);1H3. The first kappa shape index (κ1) is 10.8. The number of quaternary nitrogens is 1. The van der Waals surface area contributed by atoms with Crippen molar-refractivity contribution in [3.05, 3.63) is 28.7 Å². The summed E-state index contributed by atoms with van der Waals surface area (Å²) in [5.41, 5.74) is 0. The van der Waals surface area contributed by atoms with Gasteiger partial charge in [0.05, 0.1) is 0 Å². The highest BCUT2D eigenvalue weighted by Gasteiger charge is 1.95. The van der Waals surface area contributed by atoms with E-state index in [0.717, 1.165) is 0 Å². The van der Waals surface area contributed by atoms with E-state index in [1.165, 1.54) is 6.07 Å². The zero-order valence-corrected chi connectivity index (χ0v) is 8.31. The Bertz CT molecular complexity index is 267. The lowest BCUT2D eigenvalue weighted by atomic mass is 10.4. The fourth-order valence-corrected chi connectivity index (χ4v) is 1.68. The van der Waals surface area contributed by atoms with E-state index in [9.17, 15) is 8.76 Å². The van der Waals surface area contributed by atoms with Crippen LogP contribution in [0, 0.1) is 0 Å². The van der Waals surface area contributed by atoms with Crippen molar-refractivity contribution in [2.75, 3.05) is 0 Å². The summed E-state index contributed by atoms with van der Waals surface area (Å²) in [7, 11) is 0. The number of rotatable bonds is 1. The zero-order valence-electron chi connectivity index (χ0n) is 5.91. The SMILES string of the molecule is O=S([O-])c1ccccc1Br.[NH4+]. The molecule has 1 aromatic rings. The second kappa shape index (κ2) is 4.61. The molecular weight excluding hydrogens is 230 g/mol. The van der Waals surface area contributed by atoms with E-state index in [1.807, 2.05) is 0 Å². The molecule has 0 saturated carbocycles.